The van der Waals surface area contributed by atoms with Crippen LogP contribution >= 0.6 is 0 Å². The van der Waals surface area contributed by atoms with E-state index < -0.39 is 0 Å². The summed E-state index contributed by atoms with van der Waals surface area (Å²) in [4.78, 5) is 0. The van der Waals surface area contributed by atoms with Gasteiger partial charge in [0.05, 0.1) is 11.0 Å². The highest BCUT2D eigenvalue weighted by molar-refractivity contribution is 7.00. The molecule has 6 nitrogen and oxygen atoms in total. The van der Waals surface area contributed by atoms with E-state index in [4.69, 9.17) is 18.9 Å². The molecule has 262 valence electrons. The van der Waals surface area contributed by atoms with Crippen LogP contribution in [0.4, 0.5) is 0 Å². The molecular formula is C48H33BN2O4. The molecule has 7 aromatic carbocycles. The van der Waals surface area contributed by atoms with Crippen LogP contribution in [0.25, 0.3) is 77.2 Å². The number of para-hydroxylation sites is 2. The number of epoxide rings is 2. The van der Waals surface area contributed by atoms with Gasteiger partial charge in [-0.05, 0) is 113 Å². The number of ether oxygens (including phenoxy) is 4. The van der Waals surface area contributed by atoms with Gasteiger partial charge >= 0.3 is 0 Å². The molecule has 2 fully saturated rings. The summed E-state index contributed by atoms with van der Waals surface area (Å²) in [5, 5.41) is 5.07. The van der Waals surface area contributed by atoms with E-state index in [2.05, 4.69) is 137 Å². The van der Waals surface area contributed by atoms with Crippen LogP contribution in [0.2, 0.25) is 0 Å². The van der Waals surface area contributed by atoms with Gasteiger partial charge in [0.1, 0.15) is 23.7 Å². The molecule has 0 spiro atoms. The Morgan fingerprint density at radius 3 is 1.69 bits per heavy atom. The van der Waals surface area contributed by atoms with E-state index >= 15 is 0 Å². The van der Waals surface area contributed by atoms with Gasteiger partial charge in [-0.2, -0.15) is 0 Å². The summed E-state index contributed by atoms with van der Waals surface area (Å²) >= 11 is 0. The van der Waals surface area contributed by atoms with E-state index in [0.29, 0.717) is 0 Å². The lowest BCUT2D eigenvalue weighted by Crippen LogP contribution is -2.59. The van der Waals surface area contributed by atoms with Crippen LogP contribution in [0, 0.1) is 0 Å². The number of hydrogen-bond donors (Lipinski definition) is 0. The summed E-state index contributed by atoms with van der Waals surface area (Å²) in [6.07, 6.45) is 0.00732. The average Bonchev–Trinajstić information content (AvgIpc) is 4.04. The number of rotatable bonds is 6. The Bertz CT molecular complexity index is 3110. The molecule has 0 N–H and O–H groups in total. The van der Waals surface area contributed by atoms with Crippen LogP contribution in [0.5, 0.6) is 11.5 Å². The molecule has 55 heavy (non-hydrogen) atoms. The summed E-state index contributed by atoms with van der Waals surface area (Å²) in [6.45, 7) is 4.12. The van der Waals surface area contributed by atoms with Crippen molar-refractivity contribution in [1.29, 1.82) is 0 Å². The molecular weight excluding hydrogens is 679 g/mol. The Kier molecular flexibility index (Phi) is 5.85. The fraction of sp³-hybridized carbons (Fsp3) is 0.125. The normalized spacial score (nSPS) is 20.0. The molecule has 13 rings (SSSR count). The molecule has 0 saturated carbocycles. The SMILES string of the molecule is CC1OC1Oc1ccc(-c2ccc3c(c2)c2cccc4c2n3-c2cccc3c2B4c2cc(-c4ccc(OC5OC5C)cc4)cc4c5ccccc5n-3c24)cc1. The first-order valence-electron chi connectivity index (χ1n) is 19.2. The predicted octanol–water partition coefficient (Wildman–Crippen LogP) is 8.61. The molecule has 0 amide bonds. The molecule has 0 radical (unpaired) electrons. The van der Waals surface area contributed by atoms with E-state index in [1.807, 2.05) is 26.0 Å². The molecule has 7 heteroatoms. The van der Waals surface area contributed by atoms with Crippen molar-refractivity contribution in [2.75, 3.05) is 0 Å². The second kappa shape index (κ2) is 10.7. The monoisotopic (exact) mass is 712 g/mol. The molecule has 6 heterocycles. The number of hydrogen-bond acceptors (Lipinski definition) is 4. The molecule has 0 aliphatic carbocycles. The minimum atomic E-state index is -0.151. The van der Waals surface area contributed by atoms with Gasteiger partial charge < -0.3 is 28.1 Å². The van der Waals surface area contributed by atoms with Crippen LogP contribution in [-0.2, 0) is 9.47 Å². The lowest BCUT2D eigenvalue weighted by Gasteiger charge is -2.33. The standard InChI is InChI=1S/C48H33BN2O4/c1-26-47(52-26)54-32-18-13-28(14-19-32)30-17-22-41-36(23-30)35-8-5-9-38-45(35)51(41)43-12-6-11-42-44(43)49(38)39-25-31(29-15-20-33(21-16-29)55-48-27(2)53-48)24-37-34-7-3-4-10-40(34)50(42)46(37)39/h3-27,47-48H,1-2H3. The average molecular weight is 713 g/mol. The molecule has 2 saturated heterocycles. The van der Waals surface area contributed by atoms with Crippen molar-refractivity contribution in [2.24, 2.45) is 0 Å². The van der Waals surface area contributed by atoms with Crippen molar-refractivity contribution < 1.29 is 18.9 Å². The maximum atomic E-state index is 6.02. The third-order valence-electron chi connectivity index (χ3n) is 12.3. The van der Waals surface area contributed by atoms with E-state index in [1.54, 1.807) is 0 Å². The number of benzene rings is 7. The van der Waals surface area contributed by atoms with Crippen molar-refractivity contribution in [3.05, 3.63) is 140 Å². The first kappa shape index (κ1) is 30.1. The maximum absolute atomic E-state index is 6.02. The van der Waals surface area contributed by atoms with E-state index in [-0.39, 0.29) is 31.5 Å². The number of nitrogens with zero attached hydrogens (tertiary/aromatic N) is 2. The third-order valence-corrected chi connectivity index (χ3v) is 12.3. The van der Waals surface area contributed by atoms with E-state index in [9.17, 15) is 0 Å². The van der Waals surface area contributed by atoms with Crippen LogP contribution in [0.1, 0.15) is 13.8 Å². The van der Waals surface area contributed by atoms with Gasteiger partial charge in [0.15, 0.2) is 0 Å². The van der Waals surface area contributed by atoms with Crippen LogP contribution in [-0.4, -0.2) is 40.6 Å². The number of fused-ring (bicyclic) bond motifs is 10. The molecule has 9 aromatic rings. The van der Waals surface area contributed by atoms with Gasteiger partial charge in [0, 0.05) is 44.0 Å². The van der Waals surface area contributed by atoms with E-state index in [0.717, 1.165) is 22.6 Å². The van der Waals surface area contributed by atoms with Gasteiger partial charge in [-0.3, -0.25) is 0 Å². The summed E-state index contributed by atoms with van der Waals surface area (Å²) in [7, 11) is 0. The summed E-state index contributed by atoms with van der Waals surface area (Å²) in [6, 6.07) is 51.3. The summed E-state index contributed by atoms with van der Waals surface area (Å²) in [5.41, 5.74) is 16.2. The van der Waals surface area contributed by atoms with Gasteiger partial charge in [-0.15, -0.1) is 0 Å². The fourth-order valence-electron chi connectivity index (χ4n) is 9.53. The molecule has 2 aromatic heterocycles. The Morgan fingerprint density at radius 2 is 1.02 bits per heavy atom. The maximum Gasteiger partial charge on any atom is 0.252 e. The van der Waals surface area contributed by atoms with Crippen molar-refractivity contribution in [3.8, 4) is 45.1 Å². The third kappa shape index (κ3) is 4.22. The molecule has 4 atom stereocenters. The van der Waals surface area contributed by atoms with Crippen molar-refractivity contribution >= 4 is 66.7 Å². The minimum absolute atomic E-state index is 0.0623. The molecule has 4 aliphatic heterocycles. The van der Waals surface area contributed by atoms with Gasteiger partial charge in [0.25, 0.3) is 6.71 Å². The predicted molar refractivity (Wildman–Crippen MR) is 221 cm³/mol. The largest absolute Gasteiger partial charge is 0.462 e. The highest BCUT2D eigenvalue weighted by Crippen LogP contribution is 2.41. The van der Waals surface area contributed by atoms with Crippen molar-refractivity contribution in [2.45, 2.75) is 38.6 Å². The van der Waals surface area contributed by atoms with Crippen LogP contribution in [0.15, 0.2) is 140 Å². The fourth-order valence-corrected chi connectivity index (χ4v) is 9.53. The second-order valence-corrected chi connectivity index (χ2v) is 15.5. The Morgan fingerprint density at radius 1 is 0.473 bits per heavy atom. The molecule has 4 unspecified atom stereocenters. The van der Waals surface area contributed by atoms with Crippen LogP contribution in [0.3, 0.4) is 0 Å². The minimum Gasteiger partial charge on any atom is -0.462 e. The first-order valence-corrected chi connectivity index (χ1v) is 19.2. The smallest absolute Gasteiger partial charge is 0.252 e. The van der Waals surface area contributed by atoms with Crippen molar-refractivity contribution in [1.82, 2.24) is 9.13 Å². The Labute approximate surface area is 317 Å². The topological polar surface area (TPSA) is 53.4 Å². The second-order valence-electron chi connectivity index (χ2n) is 15.5. The lowest BCUT2D eigenvalue weighted by atomic mass is 9.34. The zero-order valence-electron chi connectivity index (χ0n) is 30.2. The van der Waals surface area contributed by atoms with Crippen LogP contribution < -0.4 is 25.9 Å². The Balaban J connectivity index is 1.02. The quantitative estimate of drug-likeness (QED) is 0.128. The molecule has 4 aliphatic rings. The zero-order valence-corrected chi connectivity index (χ0v) is 30.2. The first-order chi connectivity index (χ1) is 27.1. The molecule has 0 bridgehead atoms. The summed E-state index contributed by atoms with van der Waals surface area (Å²) < 4.78 is 28.0. The van der Waals surface area contributed by atoms with E-state index in [1.165, 1.54) is 82.5 Å². The number of aromatic nitrogens is 2. The highest BCUT2D eigenvalue weighted by Gasteiger charge is 2.41. The van der Waals surface area contributed by atoms with Gasteiger partial charge in [-0.1, -0.05) is 78.9 Å². The zero-order chi connectivity index (χ0) is 36.1. The highest BCUT2D eigenvalue weighted by atomic mass is 16.8. The van der Waals surface area contributed by atoms with Crippen molar-refractivity contribution in [3.63, 3.8) is 0 Å². The Hall–Kier alpha value is -6.28. The van der Waals surface area contributed by atoms with Gasteiger partial charge in [0.2, 0.25) is 12.6 Å². The lowest BCUT2D eigenvalue weighted by molar-refractivity contribution is 0.178. The van der Waals surface area contributed by atoms with Gasteiger partial charge in [-0.25, -0.2) is 0 Å². The summed E-state index contributed by atoms with van der Waals surface area (Å²) in [5.74, 6) is 1.66.